The van der Waals surface area contributed by atoms with Gasteiger partial charge in [0.25, 0.3) is 0 Å². The highest BCUT2D eigenvalue weighted by Crippen LogP contribution is 2.41. The molecule has 0 aromatic heterocycles. The third-order valence-corrected chi connectivity index (χ3v) is 4.41. The van der Waals surface area contributed by atoms with Crippen LogP contribution in [0.5, 0.6) is 0 Å². The predicted molar refractivity (Wildman–Crippen MR) is 81.1 cm³/mol. The fourth-order valence-corrected chi connectivity index (χ4v) is 3.39. The summed E-state index contributed by atoms with van der Waals surface area (Å²) >= 11 is 0. The predicted octanol–water partition coefficient (Wildman–Crippen LogP) is 4.51. The fourth-order valence-electron chi connectivity index (χ4n) is 3.39. The Kier molecular flexibility index (Phi) is 4.46. The molecule has 1 aliphatic carbocycles. The summed E-state index contributed by atoms with van der Waals surface area (Å²) in [6.07, 6.45) is 5.01. The highest BCUT2D eigenvalue weighted by Gasteiger charge is 2.36. The second kappa shape index (κ2) is 5.92. The number of aliphatic hydroxyl groups is 1. The summed E-state index contributed by atoms with van der Waals surface area (Å²) < 4.78 is 0. The third-order valence-electron chi connectivity index (χ3n) is 4.41. The van der Waals surface area contributed by atoms with Gasteiger partial charge in [-0.2, -0.15) is 0 Å². The molecule has 1 fully saturated rings. The first kappa shape index (κ1) is 14.3. The van der Waals surface area contributed by atoms with Crippen molar-refractivity contribution in [1.29, 1.82) is 0 Å². The molecule has 1 aromatic carbocycles. The average Bonchev–Trinajstić information content (AvgIpc) is 2.37. The zero-order chi connectivity index (χ0) is 13.9. The van der Waals surface area contributed by atoms with Crippen molar-refractivity contribution in [3.63, 3.8) is 0 Å². The Morgan fingerprint density at radius 2 is 1.95 bits per heavy atom. The molecule has 2 atom stereocenters. The minimum absolute atomic E-state index is 0.577. The molecule has 1 heteroatoms. The van der Waals surface area contributed by atoms with E-state index < -0.39 is 5.60 Å². The van der Waals surface area contributed by atoms with Gasteiger partial charge in [0, 0.05) is 0 Å². The van der Waals surface area contributed by atoms with E-state index in [2.05, 4.69) is 45.0 Å². The highest BCUT2D eigenvalue weighted by molar-refractivity contribution is 5.25. The monoisotopic (exact) mass is 258 g/mol. The zero-order valence-electron chi connectivity index (χ0n) is 12.4. The van der Waals surface area contributed by atoms with Gasteiger partial charge in [-0.15, -0.1) is 0 Å². The van der Waals surface area contributed by atoms with E-state index in [4.69, 9.17) is 0 Å². The van der Waals surface area contributed by atoms with E-state index in [0.29, 0.717) is 5.92 Å². The summed E-state index contributed by atoms with van der Waals surface area (Å²) in [7, 11) is 0. The van der Waals surface area contributed by atoms with Gasteiger partial charge in [0.1, 0.15) is 0 Å². The first-order valence-corrected chi connectivity index (χ1v) is 7.44. The summed E-state index contributed by atoms with van der Waals surface area (Å²) in [5.41, 5.74) is 3.35. The number of benzene rings is 1. The largest absolute Gasteiger partial charge is 0.385 e. The number of hydrogen-bond acceptors (Lipinski definition) is 1. The van der Waals surface area contributed by atoms with Crippen LogP contribution in [0.15, 0.2) is 41.5 Å². The van der Waals surface area contributed by atoms with Gasteiger partial charge in [0.05, 0.1) is 5.60 Å². The first-order valence-electron chi connectivity index (χ1n) is 7.44. The highest BCUT2D eigenvalue weighted by atomic mass is 16.3. The van der Waals surface area contributed by atoms with Crippen molar-refractivity contribution in [2.75, 3.05) is 0 Å². The van der Waals surface area contributed by atoms with Crippen LogP contribution in [0.2, 0.25) is 0 Å². The number of rotatable bonds is 3. The van der Waals surface area contributed by atoms with E-state index in [1.54, 1.807) is 0 Å². The second-order valence-electron chi connectivity index (χ2n) is 6.34. The molecule has 1 aromatic rings. The Balaban J connectivity index is 2.12. The zero-order valence-corrected chi connectivity index (χ0v) is 12.4. The van der Waals surface area contributed by atoms with Crippen molar-refractivity contribution in [1.82, 2.24) is 0 Å². The molecule has 1 nitrogen and oxygen atoms in total. The van der Waals surface area contributed by atoms with E-state index in [-0.39, 0.29) is 0 Å². The fraction of sp³-hybridized carbons (Fsp3) is 0.556. The van der Waals surface area contributed by atoms with Crippen molar-refractivity contribution >= 4 is 0 Å². The lowest BCUT2D eigenvalue weighted by atomic mass is 9.71. The lowest BCUT2D eigenvalue weighted by Crippen LogP contribution is -2.38. The molecule has 2 rings (SSSR count). The van der Waals surface area contributed by atoms with E-state index >= 15 is 0 Å². The van der Waals surface area contributed by atoms with E-state index in [0.717, 1.165) is 25.7 Å². The molecule has 0 saturated heterocycles. The molecule has 0 unspecified atom stereocenters. The molecule has 104 valence electrons. The normalized spacial score (nSPS) is 27.4. The summed E-state index contributed by atoms with van der Waals surface area (Å²) in [6.45, 7) is 6.53. The molecular formula is C18H26O. The minimum Gasteiger partial charge on any atom is -0.385 e. The molecule has 0 aliphatic heterocycles. The van der Waals surface area contributed by atoms with Crippen LogP contribution in [0.25, 0.3) is 0 Å². The van der Waals surface area contributed by atoms with Crippen LogP contribution in [0, 0.1) is 5.92 Å². The Morgan fingerprint density at radius 3 is 2.58 bits per heavy atom. The van der Waals surface area contributed by atoms with Crippen LogP contribution < -0.4 is 0 Å². The van der Waals surface area contributed by atoms with Gasteiger partial charge in [-0.3, -0.25) is 0 Å². The summed E-state index contributed by atoms with van der Waals surface area (Å²) in [6, 6.07) is 10.5. The van der Waals surface area contributed by atoms with Gasteiger partial charge < -0.3 is 5.11 Å². The van der Waals surface area contributed by atoms with Gasteiger partial charge in [0.15, 0.2) is 0 Å². The van der Waals surface area contributed by atoms with Gasteiger partial charge in [0.2, 0.25) is 0 Å². The SMILES string of the molecule is CC(C)=C1CC[C@@H](C)C[C@@]1(O)CCc1ccccc1. The van der Waals surface area contributed by atoms with Crippen molar-refractivity contribution in [3.05, 3.63) is 47.0 Å². The lowest BCUT2D eigenvalue weighted by molar-refractivity contribution is 0.0253. The van der Waals surface area contributed by atoms with Crippen LogP contribution >= 0.6 is 0 Å². The standard InChI is InChI=1S/C18H26O/c1-14(2)17-10-9-15(3)13-18(17,19)12-11-16-7-5-4-6-8-16/h4-8,15,19H,9-13H2,1-3H3/t15-,18+/m1/s1. The average molecular weight is 258 g/mol. The molecule has 0 radical (unpaired) electrons. The molecule has 0 bridgehead atoms. The Hall–Kier alpha value is -1.08. The van der Waals surface area contributed by atoms with E-state index in [1.807, 2.05) is 6.07 Å². The van der Waals surface area contributed by atoms with Crippen LogP contribution in [0.1, 0.15) is 52.0 Å². The lowest BCUT2D eigenvalue weighted by Gasteiger charge is -2.39. The topological polar surface area (TPSA) is 20.2 Å². The number of aryl methyl sites for hydroxylation is 1. The number of hydrogen-bond donors (Lipinski definition) is 1. The van der Waals surface area contributed by atoms with Crippen molar-refractivity contribution in [2.45, 2.75) is 58.5 Å². The molecule has 0 spiro atoms. The van der Waals surface area contributed by atoms with Crippen LogP contribution in [-0.4, -0.2) is 10.7 Å². The Morgan fingerprint density at radius 1 is 1.26 bits per heavy atom. The molecule has 1 saturated carbocycles. The summed E-state index contributed by atoms with van der Waals surface area (Å²) in [5.74, 6) is 0.629. The smallest absolute Gasteiger partial charge is 0.0864 e. The van der Waals surface area contributed by atoms with Crippen LogP contribution in [0.4, 0.5) is 0 Å². The molecule has 1 N–H and O–H groups in total. The van der Waals surface area contributed by atoms with Crippen LogP contribution in [-0.2, 0) is 6.42 Å². The molecule has 19 heavy (non-hydrogen) atoms. The summed E-state index contributed by atoms with van der Waals surface area (Å²) in [4.78, 5) is 0. The quantitative estimate of drug-likeness (QED) is 0.791. The Bertz CT molecular complexity index is 442. The molecule has 1 aliphatic rings. The first-order chi connectivity index (χ1) is 9.01. The maximum atomic E-state index is 11.1. The van der Waals surface area contributed by atoms with E-state index in [9.17, 15) is 5.11 Å². The van der Waals surface area contributed by atoms with Crippen LogP contribution in [0.3, 0.4) is 0 Å². The van der Waals surface area contributed by atoms with Crippen molar-refractivity contribution in [3.8, 4) is 0 Å². The molecular weight excluding hydrogens is 232 g/mol. The van der Waals surface area contributed by atoms with Gasteiger partial charge >= 0.3 is 0 Å². The maximum Gasteiger partial charge on any atom is 0.0864 e. The third kappa shape index (κ3) is 3.48. The second-order valence-corrected chi connectivity index (χ2v) is 6.34. The van der Waals surface area contributed by atoms with E-state index in [1.165, 1.54) is 23.1 Å². The van der Waals surface area contributed by atoms with Gasteiger partial charge in [-0.25, -0.2) is 0 Å². The van der Waals surface area contributed by atoms with Gasteiger partial charge in [-0.05, 0) is 63.0 Å². The van der Waals surface area contributed by atoms with Crippen molar-refractivity contribution in [2.24, 2.45) is 5.92 Å². The van der Waals surface area contributed by atoms with Crippen molar-refractivity contribution < 1.29 is 5.11 Å². The molecule has 0 heterocycles. The number of allylic oxidation sites excluding steroid dienone is 1. The molecule has 0 amide bonds. The maximum absolute atomic E-state index is 11.1. The summed E-state index contributed by atoms with van der Waals surface area (Å²) in [5, 5.41) is 11.1. The van der Waals surface area contributed by atoms with Gasteiger partial charge in [-0.1, -0.05) is 42.8 Å². The Labute approximate surface area is 117 Å². The minimum atomic E-state index is -0.577.